The molecule has 0 bridgehead atoms. The predicted octanol–water partition coefficient (Wildman–Crippen LogP) is 3.04. The van der Waals surface area contributed by atoms with Crippen LogP contribution in [0.3, 0.4) is 0 Å². The van der Waals surface area contributed by atoms with Gasteiger partial charge in [-0.15, -0.1) is 0 Å². The molecule has 0 aliphatic carbocycles. The number of hydrogen-bond acceptors (Lipinski definition) is 0. The molecular weight excluding hydrogens is 376 g/mol. The van der Waals surface area contributed by atoms with E-state index in [2.05, 4.69) is 0 Å². The average Bonchev–Trinajstić information content (AvgIpc) is 2.57. The first kappa shape index (κ1) is 14.3. The molecule has 0 aliphatic rings. The van der Waals surface area contributed by atoms with Crippen LogP contribution in [0, 0.1) is 0 Å². The predicted molar refractivity (Wildman–Crippen MR) is 86.2 cm³/mol. The van der Waals surface area contributed by atoms with Crippen molar-refractivity contribution in [3.8, 4) is 0 Å². The molecule has 3 heteroatoms. The Hall–Kier alpha value is -1.66. The average molecular weight is 391 g/mol. The third kappa shape index (κ3) is 2.28. The molecule has 0 heterocycles. The second-order valence-electron chi connectivity index (χ2n) is 4.91. The maximum absolute atomic E-state index is 16.2. The molecule has 0 aliphatic heterocycles. The van der Waals surface area contributed by atoms with Gasteiger partial charge < -0.3 is 0 Å². The van der Waals surface area contributed by atoms with Crippen molar-refractivity contribution < 1.29 is 5.63 Å². The molecule has 0 amide bonds. The van der Waals surface area contributed by atoms with Gasteiger partial charge in [0.05, 0.1) is 0 Å². The molecule has 0 spiro atoms. The minimum absolute atomic E-state index is 0.169. The monoisotopic (exact) mass is 390 g/mol. The Morgan fingerprint density at radius 1 is 0.429 bits per heavy atom. The summed E-state index contributed by atoms with van der Waals surface area (Å²) in [6.45, 7) is 0. The van der Waals surface area contributed by atoms with Gasteiger partial charge in [-0.3, -0.25) is 0 Å². The Morgan fingerprint density at radius 3 is 0.905 bits per heavy atom. The van der Waals surface area contributed by atoms with E-state index in [0.717, 1.165) is 0 Å². The van der Waals surface area contributed by atoms with Crippen molar-refractivity contribution in [2.45, 2.75) is 0 Å². The van der Waals surface area contributed by atoms with Crippen molar-refractivity contribution in [1.29, 1.82) is 0 Å². The molecule has 0 radical (unpaired) electrons. The number of halogens is 2. The molecule has 3 rings (SSSR count). The molecule has 0 saturated heterocycles. The summed E-state index contributed by atoms with van der Waals surface area (Å²) < 4.78 is 32.9. The summed E-state index contributed by atoms with van der Waals surface area (Å²) in [4.78, 5) is 0. The van der Waals surface area contributed by atoms with E-state index in [1.54, 1.807) is 91.0 Å². The summed E-state index contributed by atoms with van der Waals surface area (Å²) >= 11 is -6.35. The van der Waals surface area contributed by atoms with E-state index < -0.39 is 18.6 Å². The van der Waals surface area contributed by atoms with E-state index in [4.69, 9.17) is 0 Å². The number of hydrogen-bond donors (Lipinski definition) is 0. The van der Waals surface area contributed by atoms with Crippen molar-refractivity contribution in [2.24, 2.45) is 0 Å². The molecule has 0 saturated carbocycles. The van der Waals surface area contributed by atoms with Crippen LogP contribution in [0.15, 0.2) is 91.0 Å². The van der Waals surface area contributed by atoms with Crippen LogP contribution in [0.1, 0.15) is 0 Å². The van der Waals surface area contributed by atoms with Crippen molar-refractivity contribution in [3.05, 3.63) is 91.0 Å². The fourth-order valence-corrected chi connectivity index (χ4v) is 11.0. The Balaban J connectivity index is 2.36. The maximum atomic E-state index is 16.2. The fourth-order valence-electron chi connectivity index (χ4n) is 2.52. The van der Waals surface area contributed by atoms with Crippen LogP contribution in [0.25, 0.3) is 0 Å². The van der Waals surface area contributed by atoms with Crippen molar-refractivity contribution in [2.75, 3.05) is 0 Å². The van der Waals surface area contributed by atoms with Gasteiger partial charge >= 0.3 is 126 Å². The molecule has 0 nitrogen and oxygen atoms in total. The van der Waals surface area contributed by atoms with Gasteiger partial charge in [0.2, 0.25) is 0 Å². The third-order valence-electron chi connectivity index (χ3n) is 3.63. The molecule has 3 aromatic carbocycles. The first-order chi connectivity index (χ1) is 10.1. The summed E-state index contributed by atoms with van der Waals surface area (Å²) in [5.41, 5.74) is 0. The fraction of sp³-hybridized carbons (Fsp3) is 0. The van der Waals surface area contributed by atoms with Gasteiger partial charge in [-0.1, -0.05) is 0 Å². The molecule has 3 aromatic rings. The van der Waals surface area contributed by atoms with Gasteiger partial charge in [-0.25, -0.2) is 0 Å². The third-order valence-corrected chi connectivity index (χ3v) is 13.9. The van der Waals surface area contributed by atoms with Gasteiger partial charge in [-0.05, 0) is 0 Å². The first-order valence-corrected chi connectivity index (χ1v) is 12.5. The molecule has 0 N–H and O–H groups in total. The molecule has 0 fully saturated rings. The van der Waals surface area contributed by atoms with Crippen LogP contribution in [0.4, 0.5) is 5.63 Å². The molecule has 106 valence electrons. The summed E-state index contributed by atoms with van der Waals surface area (Å²) in [6.07, 6.45) is 0. The van der Waals surface area contributed by atoms with Crippen LogP contribution in [0.5, 0.6) is 0 Å². The number of rotatable bonds is 3. The van der Waals surface area contributed by atoms with Crippen LogP contribution in [0.2, 0.25) is 0 Å². The first-order valence-electron chi connectivity index (χ1n) is 6.74. The molecule has 21 heavy (non-hydrogen) atoms. The van der Waals surface area contributed by atoms with E-state index >= 15 is 5.63 Å². The van der Waals surface area contributed by atoms with Gasteiger partial charge in [0, 0.05) is 0 Å². The van der Waals surface area contributed by atoms with Crippen molar-refractivity contribution in [3.63, 3.8) is 0 Å². The van der Waals surface area contributed by atoms with Gasteiger partial charge in [0.1, 0.15) is 0 Å². The molecule has 0 aromatic heterocycles. The SMILES string of the molecule is [F][Sb]([F])([c]1ccccc1)([c]1ccccc1)[c]1ccccc1. The Labute approximate surface area is 125 Å². The zero-order chi connectivity index (χ0) is 14.8. The summed E-state index contributed by atoms with van der Waals surface area (Å²) in [5, 5.41) is 0. The zero-order valence-electron chi connectivity index (χ0n) is 11.4. The van der Waals surface area contributed by atoms with E-state index in [1.165, 1.54) is 0 Å². The normalized spacial score (nSPS) is 13.3. The van der Waals surface area contributed by atoms with Crippen molar-refractivity contribution >= 4 is 29.1 Å². The van der Waals surface area contributed by atoms with Crippen LogP contribution in [-0.2, 0) is 0 Å². The van der Waals surface area contributed by atoms with Crippen molar-refractivity contribution in [1.82, 2.24) is 0 Å². The Bertz CT molecular complexity index is 622. The zero-order valence-corrected chi connectivity index (χ0v) is 13.9. The minimum atomic E-state index is -6.35. The van der Waals surface area contributed by atoms with Gasteiger partial charge in [0.15, 0.2) is 0 Å². The molecular formula is C18H15F2Sb. The summed E-state index contributed by atoms with van der Waals surface area (Å²) in [5.74, 6) is 0. The number of benzene rings is 3. The van der Waals surface area contributed by atoms with Gasteiger partial charge in [-0.2, -0.15) is 0 Å². The molecule has 0 atom stereocenters. The summed E-state index contributed by atoms with van der Waals surface area (Å²) in [7, 11) is 0. The Kier molecular flexibility index (Phi) is 3.59. The second kappa shape index (κ2) is 5.27. The van der Waals surface area contributed by atoms with E-state index in [0.29, 0.717) is 0 Å². The second-order valence-corrected chi connectivity index (χ2v) is 14.5. The van der Waals surface area contributed by atoms with Crippen LogP contribution in [-0.4, -0.2) is 18.6 Å². The standard InChI is InChI=1S/3C6H5.2FH.Sb/c3*1-2-4-6-5-3-1;;;/h3*1-5H;2*1H;/q;;;;;+2/p-2. The van der Waals surface area contributed by atoms with Crippen LogP contribution < -0.4 is 10.5 Å². The van der Waals surface area contributed by atoms with E-state index in [1.807, 2.05) is 0 Å². The van der Waals surface area contributed by atoms with E-state index in [-0.39, 0.29) is 10.5 Å². The Morgan fingerprint density at radius 2 is 0.667 bits per heavy atom. The van der Waals surface area contributed by atoms with E-state index in [9.17, 15) is 0 Å². The summed E-state index contributed by atoms with van der Waals surface area (Å²) in [6, 6.07) is 24.8. The van der Waals surface area contributed by atoms with Crippen LogP contribution >= 0.6 is 0 Å². The van der Waals surface area contributed by atoms with Gasteiger partial charge in [0.25, 0.3) is 0 Å². The molecule has 0 unspecified atom stereocenters. The quantitative estimate of drug-likeness (QED) is 0.603. The topological polar surface area (TPSA) is 0 Å².